The molecule has 0 unspecified atom stereocenters. The third-order valence-corrected chi connectivity index (χ3v) is 1.31. The Morgan fingerprint density at radius 3 is 2.25 bits per heavy atom. The number of carbonyl (C=O) groups excluding carboxylic acids is 2. The number of amides is 1. The highest BCUT2D eigenvalue weighted by molar-refractivity contribution is 6.18. The van der Waals surface area contributed by atoms with Crippen molar-refractivity contribution < 1.29 is 11.0 Å². The summed E-state index contributed by atoms with van der Waals surface area (Å²) in [5.74, 6) is -1.20. The van der Waals surface area contributed by atoms with Crippen molar-refractivity contribution in [2.45, 2.75) is 6.42 Å². The molecule has 2 N–H and O–H groups in total. The summed E-state index contributed by atoms with van der Waals surface area (Å²) in [6.45, 7) is 10.2. The standard InChI is InChI=1S/C9H11NO2.H2/c1-4-6(2)5-8(11)7(3)9(10)12;/h4H,1-3,5H2,(H2,10,12);1H. The van der Waals surface area contributed by atoms with E-state index in [2.05, 4.69) is 19.7 Å². The van der Waals surface area contributed by atoms with Crippen molar-refractivity contribution in [2.24, 2.45) is 5.73 Å². The summed E-state index contributed by atoms with van der Waals surface area (Å²) in [5, 5.41) is 0. The van der Waals surface area contributed by atoms with Gasteiger partial charge >= 0.3 is 0 Å². The molecule has 0 aliphatic carbocycles. The van der Waals surface area contributed by atoms with E-state index in [1.54, 1.807) is 0 Å². The fourth-order valence-corrected chi connectivity index (χ4v) is 0.523. The van der Waals surface area contributed by atoms with Crippen LogP contribution in [-0.4, -0.2) is 11.7 Å². The number of hydrogen-bond acceptors (Lipinski definition) is 2. The lowest BCUT2D eigenvalue weighted by atomic mass is 10.1. The van der Waals surface area contributed by atoms with E-state index >= 15 is 0 Å². The maximum absolute atomic E-state index is 11.0. The summed E-state index contributed by atoms with van der Waals surface area (Å²) < 4.78 is 0. The quantitative estimate of drug-likeness (QED) is 0.287. The second-order valence-electron chi connectivity index (χ2n) is 2.31. The molecule has 0 rings (SSSR count). The molecular formula is C9H13NO2. The van der Waals surface area contributed by atoms with Gasteiger partial charge in [-0.15, -0.1) is 0 Å². The van der Waals surface area contributed by atoms with E-state index in [9.17, 15) is 9.59 Å². The first-order valence-electron chi connectivity index (χ1n) is 3.31. The lowest BCUT2D eigenvalue weighted by molar-refractivity contribution is -0.120. The Balaban J connectivity index is 0. The van der Waals surface area contributed by atoms with Crippen molar-refractivity contribution in [2.75, 3.05) is 0 Å². The highest BCUT2D eigenvalue weighted by Gasteiger charge is 2.11. The predicted molar refractivity (Wildman–Crippen MR) is 49.4 cm³/mol. The van der Waals surface area contributed by atoms with E-state index in [-0.39, 0.29) is 13.4 Å². The van der Waals surface area contributed by atoms with Crippen LogP contribution in [0.15, 0.2) is 37.0 Å². The van der Waals surface area contributed by atoms with Gasteiger partial charge in [-0.05, 0) is 5.57 Å². The molecule has 0 radical (unpaired) electrons. The van der Waals surface area contributed by atoms with Crippen molar-refractivity contribution in [1.29, 1.82) is 0 Å². The number of allylic oxidation sites excluding steroid dienone is 2. The highest BCUT2D eigenvalue weighted by atomic mass is 16.2. The van der Waals surface area contributed by atoms with Crippen molar-refractivity contribution in [1.82, 2.24) is 0 Å². The largest absolute Gasteiger partial charge is 0.366 e. The molecule has 3 heteroatoms. The maximum Gasteiger partial charge on any atom is 0.251 e. The van der Waals surface area contributed by atoms with Crippen LogP contribution in [0.25, 0.3) is 0 Å². The predicted octanol–water partition coefficient (Wildman–Crippen LogP) is 0.975. The Morgan fingerprint density at radius 1 is 1.42 bits per heavy atom. The molecule has 0 bridgehead atoms. The summed E-state index contributed by atoms with van der Waals surface area (Å²) in [6.07, 6.45) is 1.50. The second kappa shape index (κ2) is 4.28. The number of ketones is 1. The first-order chi connectivity index (χ1) is 5.49. The number of Topliss-reactive ketones (excluding diaryl/α,β-unsaturated/α-hetero) is 1. The van der Waals surface area contributed by atoms with Crippen molar-refractivity contribution in [3.63, 3.8) is 0 Å². The minimum Gasteiger partial charge on any atom is -0.366 e. The third kappa shape index (κ3) is 2.96. The number of nitrogens with two attached hydrogens (primary N) is 1. The number of rotatable bonds is 5. The molecule has 66 valence electrons. The SMILES string of the molecule is C=CC(=C)CC(=O)C(=C)C(N)=O.[HH]. The van der Waals surface area contributed by atoms with Crippen molar-refractivity contribution in [3.8, 4) is 0 Å². The van der Waals surface area contributed by atoms with Crippen LogP contribution in [-0.2, 0) is 9.59 Å². The molecular weight excluding hydrogens is 154 g/mol. The fourth-order valence-electron chi connectivity index (χ4n) is 0.523. The normalized spacial score (nSPS) is 8.67. The van der Waals surface area contributed by atoms with Gasteiger partial charge in [-0.25, -0.2) is 0 Å². The van der Waals surface area contributed by atoms with Gasteiger partial charge < -0.3 is 5.73 Å². The molecule has 0 aliphatic rings. The monoisotopic (exact) mass is 167 g/mol. The van der Waals surface area contributed by atoms with Gasteiger partial charge in [0.2, 0.25) is 0 Å². The van der Waals surface area contributed by atoms with Crippen LogP contribution in [0.5, 0.6) is 0 Å². The van der Waals surface area contributed by atoms with Gasteiger partial charge in [0.05, 0.1) is 5.57 Å². The minimum atomic E-state index is -0.795. The molecule has 0 saturated heterocycles. The van der Waals surface area contributed by atoms with E-state index in [0.717, 1.165) is 0 Å². The molecule has 0 aromatic rings. The Bertz CT molecular complexity index is 269. The molecule has 1 amide bonds. The van der Waals surface area contributed by atoms with Gasteiger partial charge in [0, 0.05) is 7.85 Å². The topological polar surface area (TPSA) is 60.2 Å². The molecule has 3 nitrogen and oxygen atoms in total. The zero-order valence-corrected chi connectivity index (χ0v) is 6.80. The number of hydrogen-bond donors (Lipinski definition) is 1. The zero-order chi connectivity index (χ0) is 9.72. The Hall–Kier alpha value is -1.64. The van der Waals surface area contributed by atoms with Crippen LogP contribution in [0.1, 0.15) is 7.85 Å². The van der Waals surface area contributed by atoms with Crippen LogP contribution in [0, 0.1) is 0 Å². The maximum atomic E-state index is 11.0. The van der Waals surface area contributed by atoms with Gasteiger partial charge in [0.1, 0.15) is 0 Å². The fraction of sp³-hybridized carbons (Fsp3) is 0.111. The lowest BCUT2D eigenvalue weighted by Gasteiger charge is -1.99. The van der Waals surface area contributed by atoms with E-state index in [1.165, 1.54) is 6.08 Å². The van der Waals surface area contributed by atoms with E-state index in [0.29, 0.717) is 5.57 Å². The summed E-state index contributed by atoms with van der Waals surface area (Å²) in [5.41, 5.74) is 5.19. The number of primary amides is 1. The van der Waals surface area contributed by atoms with Crippen LogP contribution < -0.4 is 5.73 Å². The molecule has 0 aromatic carbocycles. The van der Waals surface area contributed by atoms with E-state index < -0.39 is 11.7 Å². The molecule has 0 saturated carbocycles. The Morgan fingerprint density at radius 2 is 1.92 bits per heavy atom. The Labute approximate surface area is 72.7 Å². The summed E-state index contributed by atoms with van der Waals surface area (Å²) in [4.78, 5) is 21.5. The molecule has 0 fully saturated rings. The molecule has 0 atom stereocenters. The molecule has 0 aliphatic heterocycles. The second-order valence-corrected chi connectivity index (χ2v) is 2.31. The average molecular weight is 167 g/mol. The molecule has 0 heterocycles. The van der Waals surface area contributed by atoms with E-state index in [1.807, 2.05) is 0 Å². The van der Waals surface area contributed by atoms with Gasteiger partial charge in [-0.2, -0.15) is 0 Å². The van der Waals surface area contributed by atoms with Gasteiger partial charge in [0.25, 0.3) is 5.91 Å². The Kier molecular flexibility index (Phi) is 3.70. The first-order valence-corrected chi connectivity index (χ1v) is 3.31. The average Bonchev–Trinajstić information content (AvgIpc) is 2.02. The minimum absolute atomic E-state index is 0. The highest BCUT2D eigenvalue weighted by Crippen LogP contribution is 2.04. The molecule has 0 spiro atoms. The van der Waals surface area contributed by atoms with Crippen molar-refractivity contribution in [3.05, 3.63) is 37.0 Å². The van der Waals surface area contributed by atoms with Gasteiger partial charge in [-0.1, -0.05) is 25.8 Å². The van der Waals surface area contributed by atoms with E-state index in [4.69, 9.17) is 5.73 Å². The van der Waals surface area contributed by atoms with Crippen LogP contribution in [0.2, 0.25) is 0 Å². The summed E-state index contributed by atoms with van der Waals surface area (Å²) >= 11 is 0. The van der Waals surface area contributed by atoms with Gasteiger partial charge in [-0.3, -0.25) is 9.59 Å². The summed E-state index contributed by atoms with van der Waals surface area (Å²) in [6, 6.07) is 0. The smallest absolute Gasteiger partial charge is 0.251 e. The van der Waals surface area contributed by atoms with Crippen LogP contribution in [0.3, 0.4) is 0 Å². The van der Waals surface area contributed by atoms with Crippen molar-refractivity contribution >= 4 is 11.7 Å². The van der Waals surface area contributed by atoms with Crippen LogP contribution in [0.4, 0.5) is 0 Å². The summed E-state index contributed by atoms with van der Waals surface area (Å²) in [7, 11) is 0. The molecule has 12 heavy (non-hydrogen) atoms. The van der Waals surface area contributed by atoms with Gasteiger partial charge in [0.15, 0.2) is 5.78 Å². The lowest BCUT2D eigenvalue weighted by Crippen LogP contribution is -2.19. The zero-order valence-electron chi connectivity index (χ0n) is 6.80. The first kappa shape index (κ1) is 10.4. The number of carbonyl (C=O) groups is 2. The van der Waals surface area contributed by atoms with Crippen LogP contribution >= 0.6 is 0 Å². The third-order valence-electron chi connectivity index (χ3n) is 1.31. The molecule has 0 aromatic heterocycles.